The summed E-state index contributed by atoms with van der Waals surface area (Å²) < 4.78 is 25.9. The van der Waals surface area contributed by atoms with Crippen molar-refractivity contribution in [3.63, 3.8) is 0 Å². The van der Waals surface area contributed by atoms with E-state index < -0.39 is 10.0 Å². The molecular weight excluding hydrogens is 410 g/mol. The standard InChI is InChI=1S/C24H27N3O3S/c1-3-31(29,30)27-11-8-22(9-12-27)26-24-15-21(14-20-7-10-25-16-23(20)24)19-6-4-5-18(13-19)17(2)28/h4-7,10,13-16,22,26H,3,8-9,11-12H2,1-2H3. The number of hydrogen-bond acceptors (Lipinski definition) is 5. The molecule has 0 saturated carbocycles. The van der Waals surface area contributed by atoms with Crippen LogP contribution in [0, 0.1) is 0 Å². The molecule has 1 fully saturated rings. The number of benzene rings is 2. The van der Waals surface area contributed by atoms with E-state index in [9.17, 15) is 13.2 Å². The van der Waals surface area contributed by atoms with Gasteiger partial charge in [-0.2, -0.15) is 0 Å². The largest absolute Gasteiger partial charge is 0.382 e. The van der Waals surface area contributed by atoms with E-state index in [0.29, 0.717) is 18.7 Å². The highest BCUT2D eigenvalue weighted by Gasteiger charge is 2.26. The zero-order valence-electron chi connectivity index (χ0n) is 17.8. The molecule has 1 N–H and O–H groups in total. The first-order chi connectivity index (χ1) is 14.9. The number of nitrogens with zero attached hydrogens (tertiary/aromatic N) is 2. The summed E-state index contributed by atoms with van der Waals surface area (Å²) in [5.74, 6) is 0.182. The smallest absolute Gasteiger partial charge is 0.213 e. The molecule has 0 spiro atoms. The second-order valence-electron chi connectivity index (χ2n) is 7.98. The van der Waals surface area contributed by atoms with Crippen LogP contribution in [0.4, 0.5) is 5.69 Å². The molecule has 0 unspecified atom stereocenters. The van der Waals surface area contributed by atoms with E-state index in [1.807, 2.05) is 36.5 Å². The summed E-state index contributed by atoms with van der Waals surface area (Å²) in [5.41, 5.74) is 3.67. The first kappa shape index (κ1) is 21.5. The normalized spacial score (nSPS) is 15.8. The van der Waals surface area contributed by atoms with Crippen LogP contribution >= 0.6 is 0 Å². The van der Waals surface area contributed by atoms with Gasteiger partial charge < -0.3 is 5.32 Å². The van der Waals surface area contributed by atoms with Crippen LogP contribution in [-0.2, 0) is 10.0 Å². The SMILES string of the molecule is CCS(=O)(=O)N1CCC(Nc2cc(-c3cccc(C(C)=O)c3)cc3ccncc23)CC1. The molecule has 1 aromatic heterocycles. The maximum absolute atomic E-state index is 12.1. The van der Waals surface area contributed by atoms with Gasteiger partial charge >= 0.3 is 0 Å². The van der Waals surface area contributed by atoms with Crippen molar-refractivity contribution < 1.29 is 13.2 Å². The molecule has 0 atom stereocenters. The maximum Gasteiger partial charge on any atom is 0.213 e. The van der Waals surface area contributed by atoms with Crippen molar-refractivity contribution in [1.82, 2.24) is 9.29 Å². The van der Waals surface area contributed by atoms with Crippen LogP contribution in [0.5, 0.6) is 0 Å². The summed E-state index contributed by atoms with van der Waals surface area (Å²) in [6.45, 7) is 4.32. The Kier molecular flexibility index (Phi) is 6.07. The van der Waals surface area contributed by atoms with E-state index in [2.05, 4.69) is 22.4 Å². The molecule has 162 valence electrons. The van der Waals surface area contributed by atoms with Gasteiger partial charge in [-0.3, -0.25) is 9.78 Å². The zero-order chi connectivity index (χ0) is 22.0. The van der Waals surface area contributed by atoms with Crippen molar-refractivity contribution in [1.29, 1.82) is 0 Å². The van der Waals surface area contributed by atoms with E-state index in [1.54, 1.807) is 24.3 Å². The highest BCUT2D eigenvalue weighted by atomic mass is 32.2. The highest BCUT2D eigenvalue weighted by molar-refractivity contribution is 7.89. The van der Waals surface area contributed by atoms with E-state index >= 15 is 0 Å². The quantitative estimate of drug-likeness (QED) is 0.581. The number of fused-ring (bicyclic) bond motifs is 1. The number of carbonyl (C=O) groups is 1. The lowest BCUT2D eigenvalue weighted by Gasteiger charge is -2.32. The summed E-state index contributed by atoms with van der Waals surface area (Å²) >= 11 is 0. The molecule has 2 aromatic carbocycles. The van der Waals surface area contributed by atoms with E-state index in [-0.39, 0.29) is 17.6 Å². The number of hydrogen-bond donors (Lipinski definition) is 1. The van der Waals surface area contributed by atoms with Crippen molar-refractivity contribution in [2.24, 2.45) is 0 Å². The van der Waals surface area contributed by atoms with Crippen LogP contribution in [0.3, 0.4) is 0 Å². The first-order valence-electron chi connectivity index (χ1n) is 10.6. The van der Waals surface area contributed by atoms with E-state index in [4.69, 9.17) is 0 Å². The van der Waals surface area contributed by atoms with Gasteiger partial charge in [0.2, 0.25) is 10.0 Å². The molecule has 0 bridgehead atoms. The maximum atomic E-state index is 12.1. The van der Waals surface area contributed by atoms with E-state index in [0.717, 1.165) is 40.4 Å². The monoisotopic (exact) mass is 437 g/mol. The molecule has 1 aliphatic rings. The van der Waals surface area contributed by atoms with Crippen molar-refractivity contribution in [3.8, 4) is 11.1 Å². The molecule has 6 nitrogen and oxygen atoms in total. The molecule has 31 heavy (non-hydrogen) atoms. The number of piperidine rings is 1. The number of carbonyl (C=O) groups excluding carboxylic acids is 1. The van der Waals surface area contributed by atoms with Crippen molar-refractivity contribution >= 4 is 32.3 Å². The number of pyridine rings is 1. The van der Waals surface area contributed by atoms with Gasteiger partial charge in [-0.1, -0.05) is 18.2 Å². The predicted molar refractivity (Wildman–Crippen MR) is 125 cm³/mol. The Balaban J connectivity index is 1.64. The van der Waals surface area contributed by atoms with Crippen LogP contribution in [0.2, 0.25) is 0 Å². The third kappa shape index (κ3) is 4.62. The molecule has 7 heteroatoms. The molecule has 0 aliphatic carbocycles. The Morgan fingerprint density at radius 2 is 1.90 bits per heavy atom. The number of aromatic nitrogens is 1. The van der Waals surface area contributed by atoms with Crippen LogP contribution < -0.4 is 5.32 Å². The molecule has 1 saturated heterocycles. The minimum absolute atomic E-state index is 0.0407. The van der Waals surface area contributed by atoms with Gasteiger partial charge in [0.25, 0.3) is 0 Å². The number of anilines is 1. The average molecular weight is 438 g/mol. The molecule has 3 aromatic rings. The Morgan fingerprint density at radius 1 is 1.13 bits per heavy atom. The molecule has 1 aliphatic heterocycles. The molecule has 0 amide bonds. The topological polar surface area (TPSA) is 79.4 Å². The Labute approximate surface area is 183 Å². The van der Waals surface area contributed by atoms with Gasteiger partial charge in [0, 0.05) is 48.2 Å². The summed E-state index contributed by atoms with van der Waals surface area (Å²) in [6.07, 6.45) is 5.14. The Bertz CT molecular complexity index is 1220. The summed E-state index contributed by atoms with van der Waals surface area (Å²) in [5, 5.41) is 5.72. The van der Waals surface area contributed by atoms with Gasteiger partial charge in [0.15, 0.2) is 5.78 Å². The van der Waals surface area contributed by atoms with Gasteiger partial charge in [-0.05, 0) is 67.5 Å². The Hall–Kier alpha value is -2.77. The lowest BCUT2D eigenvalue weighted by Crippen LogP contribution is -2.42. The number of Topliss-reactive ketones (excluding diaryl/α,β-unsaturated/α-hetero) is 1. The molecule has 0 radical (unpaired) electrons. The van der Waals surface area contributed by atoms with Gasteiger partial charge in [-0.15, -0.1) is 0 Å². The van der Waals surface area contributed by atoms with Gasteiger partial charge in [0.05, 0.1) is 5.75 Å². The predicted octanol–water partition coefficient (Wildman–Crippen LogP) is 4.33. The van der Waals surface area contributed by atoms with Crippen LogP contribution in [0.15, 0.2) is 54.9 Å². The van der Waals surface area contributed by atoms with Crippen LogP contribution in [0.1, 0.15) is 37.0 Å². The minimum Gasteiger partial charge on any atom is -0.382 e. The summed E-state index contributed by atoms with van der Waals surface area (Å²) in [7, 11) is -3.14. The second-order valence-corrected chi connectivity index (χ2v) is 10.2. The van der Waals surface area contributed by atoms with Gasteiger partial charge in [-0.25, -0.2) is 12.7 Å². The van der Waals surface area contributed by atoms with Crippen molar-refractivity contribution in [2.45, 2.75) is 32.7 Å². The van der Waals surface area contributed by atoms with Crippen molar-refractivity contribution in [2.75, 3.05) is 24.2 Å². The Morgan fingerprint density at radius 3 is 2.61 bits per heavy atom. The lowest BCUT2D eigenvalue weighted by molar-refractivity contribution is 0.101. The fourth-order valence-corrected chi connectivity index (χ4v) is 5.22. The summed E-state index contributed by atoms with van der Waals surface area (Å²) in [4.78, 5) is 16.1. The van der Waals surface area contributed by atoms with Crippen LogP contribution in [0.25, 0.3) is 21.9 Å². The van der Waals surface area contributed by atoms with Crippen LogP contribution in [-0.4, -0.2) is 48.4 Å². The first-order valence-corrected chi connectivity index (χ1v) is 12.2. The minimum atomic E-state index is -3.14. The number of rotatable bonds is 6. The third-order valence-corrected chi connectivity index (χ3v) is 7.81. The molecule has 4 rings (SSSR count). The zero-order valence-corrected chi connectivity index (χ0v) is 18.7. The summed E-state index contributed by atoms with van der Waals surface area (Å²) in [6, 6.07) is 14.0. The average Bonchev–Trinajstić information content (AvgIpc) is 2.79. The second kappa shape index (κ2) is 8.77. The lowest BCUT2D eigenvalue weighted by atomic mass is 9.97. The fraction of sp³-hybridized carbons (Fsp3) is 0.333. The molecular formula is C24H27N3O3S. The number of sulfonamides is 1. The molecule has 2 heterocycles. The third-order valence-electron chi connectivity index (χ3n) is 5.93. The number of ketones is 1. The fourth-order valence-electron chi connectivity index (χ4n) is 4.08. The van der Waals surface area contributed by atoms with E-state index in [1.165, 1.54) is 0 Å². The highest BCUT2D eigenvalue weighted by Crippen LogP contribution is 2.32. The van der Waals surface area contributed by atoms with Gasteiger partial charge in [0.1, 0.15) is 0 Å². The van der Waals surface area contributed by atoms with Crippen molar-refractivity contribution in [3.05, 3.63) is 60.4 Å². The number of nitrogens with one attached hydrogen (secondary N) is 1.